The molecule has 0 bridgehead atoms. The summed E-state index contributed by atoms with van der Waals surface area (Å²) in [6, 6.07) is 10.00. The number of rotatable bonds is 3. The fourth-order valence-electron chi connectivity index (χ4n) is 3.61. The predicted octanol–water partition coefficient (Wildman–Crippen LogP) is 5.70. The number of aliphatic imine (C=N–C) groups is 1. The van der Waals surface area contributed by atoms with E-state index in [0.717, 1.165) is 5.17 Å². The molecule has 0 atom stereocenters. The summed E-state index contributed by atoms with van der Waals surface area (Å²) >= 11 is 1.82. The highest BCUT2D eigenvalue weighted by atomic mass is 32.2. The van der Waals surface area contributed by atoms with E-state index in [1.807, 2.05) is 11.8 Å². The molecule has 2 aliphatic rings. The standard InChI is InChI=1S/C20H30N2S/c1-16-12-14-19(15-13-16)23-20(21-17-8-4-2-5-9-17)22-18-10-6-3-7-11-18/h12-15,17-18H,2-11H2,1H3,(H,21,22). The third kappa shape index (κ3) is 5.56. The van der Waals surface area contributed by atoms with Gasteiger partial charge in [0.1, 0.15) is 0 Å². The second-order valence-corrected chi connectivity index (χ2v) is 8.18. The lowest BCUT2D eigenvalue weighted by Crippen LogP contribution is -2.35. The zero-order chi connectivity index (χ0) is 15.9. The number of amidine groups is 1. The van der Waals surface area contributed by atoms with Crippen molar-refractivity contribution in [2.75, 3.05) is 0 Å². The van der Waals surface area contributed by atoms with Gasteiger partial charge in [-0.3, -0.25) is 4.99 Å². The minimum absolute atomic E-state index is 0.535. The van der Waals surface area contributed by atoms with Gasteiger partial charge >= 0.3 is 0 Å². The Hall–Kier alpha value is -0.960. The van der Waals surface area contributed by atoms with Gasteiger partial charge in [0.05, 0.1) is 6.04 Å². The molecule has 0 radical (unpaired) electrons. The largest absolute Gasteiger partial charge is 0.362 e. The maximum atomic E-state index is 5.12. The van der Waals surface area contributed by atoms with Gasteiger partial charge < -0.3 is 5.32 Å². The van der Waals surface area contributed by atoms with E-state index in [9.17, 15) is 0 Å². The van der Waals surface area contributed by atoms with Gasteiger partial charge in [-0.25, -0.2) is 0 Å². The smallest absolute Gasteiger partial charge is 0.161 e. The zero-order valence-corrected chi connectivity index (χ0v) is 15.2. The molecule has 1 aromatic carbocycles. The Morgan fingerprint density at radius 2 is 1.52 bits per heavy atom. The summed E-state index contributed by atoms with van der Waals surface area (Å²) in [6.07, 6.45) is 13.4. The average Bonchev–Trinajstić information content (AvgIpc) is 2.59. The SMILES string of the molecule is Cc1ccc(SC(=NC2CCCCC2)NC2CCCCC2)cc1. The summed E-state index contributed by atoms with van der Waals surface area (Å²) in [5.74, 6) is 0. The Labute approximate surface area is 145 Å². The van der Waals surface area contributed by atoms with E-state index in [2.05, 4.69) is 36.5 Å². The Kier molecular flexibility index (Phi) is 6.44. The minimum Gasteiger partial charge on any atom is -0.362 e. The van der Waals surface area contributed by atoms with Crippen molar-refractivity contribution in [3.05, 3.63) is 29.8 Å². The number of thioether (sulfide) groups is 1. The lowest BCUT2D eigenvalue weighted by atomic mass is 9.95. The van der Waals surface area contributed by atoms with E-state index in [0.29, 0.717) is 12.1 Å². The van der Waals surface area contributed by atoms with Crippen LogP contribution in [0.2, 0.25) is 0 Å². The zero-order valence-electron chi connectivity index (χ0n) is 14.4. The summed E-state index contributed by atoms with van der Waals surface area (Å²) in [6.45, 7) is 2.14. The summed E-state index contributed by atoms with van der Waals surface area (Å²) < 4.78 is 0. The van der Waals surface area contributed by atoms with Gasteiger partial charge in [0.15, 0.2) is 5.17 Å². The summed E-state index contributed by atoms with van der Waals surface area (Å²) in [7, 11) is 0. The van der Waals surface area contributed by atoms with Gasteiger partial charge in [0.2, 0.25) is 0 Å². The molecular weight excluding hydrogens is 300 g/mol. The van der Waals surface area contributed by atoms with Crippen molar-refractivity contribution in [3.63, 3.8) is 0 Å². The van der Waals surface area contributed by atoms with Gasteiger partial charge in [-0.2, -0.15) is 0 Å². The second-order valence-electron chi connectivity index (χ2n) is 7.12. The van der Waals surface area contributed by atoms with Gasteiger partial charge in [-0.05, 0) is 44.7 Å². The van der Waals surface area contributed by atoms with Crippen LogP contribution in [-0.4, -0.2) is 17.3 Å². The molecule has 0 amide bonds. The van der Waals surface area contributed by atoms with Crippen molar-refractivity contribution in [3.8, 4) is 0 Å². The van der Waals surface area contributed by atoms with Crippen molar-refractivity contribution >= 4 is 16.9 Å². The van der Waals surface area contributed by atoms with Crippen molar-refractivity contribution in [2.45, 2.75) is 88.1 Å². The molecule has 0 heterocycles. The third-order valence-electron chi connectivity index (χ3n) is 5.04. The molecule has 2 fully saturated rings. The number of benzene rings is 1. The molecular formula is C20H30N2S. The highest BCUT2D eigenvalue weighted by Gasteiger charge is 2.18. The molecule has 2 aliphatic carbocycles. The Bertz CT molecular complexity index is 497. The average molecular weight is 331 g/mol. The first-order valence-electron chi connectivity index (χ1n) is 9.38. The molecule has 2 nitrogen and oxygen atoms in total. The van der Waals surface area contributed by atoms with Gasteiger partial charge in [0, 0.05) is 10.9 Å². The summed E-state index contributed by atoms with van der Waals surface area (Å²) in [5.41, 5.74) is 1.32. The van der Waals surface area contributed by atoms with Crippen LogP contribution in [-0.2, 0) is 0 Å². The van der Waals surface area contributed by atoms with Crippen molar-refractivity contribution < 1.29 is 0 Å². The molecule has 126 valence electrons. The van der Waals surface area contributed by atoms with E-state index in [1.165, 1.54) is 74.7 Å². The molecule has 23 heavy (non-hydrogen) atoms. The van der Waals surface area contributed by atoms with Crippen LogP contribution in [0.15, 0.2) is 34.2 Å². The molecule has 0 aromatic heterocycles. The lowest BCUT2D eigenvalue weighted by Gasteiger charge is -2.26. The van der Waals surface area contributed by atoms with E-state index in [4.69, 9.17) is 4.99 Å². The minimum atomic E-state index is 0.535. The van der Waals surface area contributed by atoms with Crippen molar-refractivity contribution in [2.24, 2.45) is 4.99 Å². The highest BCUT2D eigenvalue weighted by Crippen LogP contribution is 2.26. The van der Waals surface area contributed by atoms with Crippen LogP contribution in [0.4, 0.5) is 0 Å². The fraction of sp³-hybridized carbons (Fsp3) is 0.650. The molecule has 1 N–H and O–H groups in total. The van der Waals surface area contributed by atoms with Gasteiger partial charge in [0.25, 0.3) is 0 Å². The van der Waals surface area contributed by atoms with Crippen LogP contribution in [0.5, 0.6) is 0 Å². The summed E-state index contributed by atoms with van der Waals surface area (Å²) in [5, 5.41) is 4.94. The van der Waals surface area contributed by atoms with E-state index < -0.39 is 0 Å². The number of hydrogen-bond acceptors (Lipinski definition) is 2. The lowest BCUT2D eigenvalue weighted by molar-refractivity contribution is 0.411. The quantitative estimate of drug-likeness (QED) is 0.437. The molecule has 2 saturated carbocycles. The third-order valence-corrected chi connectivity index (χ3v) is 5.97. The molecule has 0 unspecified atom stereocenters. The maximum absolute atomic E-state index is 5.12. The Morgan fingerprint density at radius 3 is 2.17 bits per heavy atom. The first-order valence-corrected chi connectivity index (χ1v) is 10.2. The molecule has 0 aliphatic heterocycles. The number of nitrogens with one attached hydrogen (secondary N) is 1. The number of aryl methyl sites for hydroxylation is 1. The van der Waals surface area contributed by atoms with Crippen molar-refractivity contribution in [1.29, 1.82) is 0 Å². The predicted molar refractivity (Wildman–Crippen MR) is 101 cm³/mol. The maximum Gasteiger partial charge on any atom is 0.161 e. The molecule has 3 heteroatoms. The Morgan fingerprint density at radius 1 is 0.913 bits per heavy atom. The molecule has 0 saturated heterocycles. The van der Waals surface area contributed by atoms with Crippen LogP contribution in [0.3, 0.4) is 0 Å². The monoisotopic (exact) mass is 330 g/mol. The Balaban J connectivity index is 1.68. The van der Waals surface area contributed by atoms with Crippen molar-refractivity contribution in [1.82, 2.24) is 5.32 Å². The molecule has 3 rings (SSSR count). The van der Waals surface area contributed by atoms with E-state index in [-0.39, 0.29) is 0 Å². The van der Waals surface area contributed by atoms with Crippen LogP contribution in [0.25, 0.3) is 0 Å². The normalized spacial score (nSPS) is 21.3. The molecule has 1 aromatic rings. The topological polar surface area (TPSA) is 24.4 Å². The fourth-order valence-corrected chi connectivity index (χ4v) is 4.53. The number of nitrogens with zero attached hydrogens (tertiary/aromatic N) is 1. The van der Waals surface area contributed by atoms with Gasteiger partial charge in [-0.1, -0.05) is 68.0 Å². The van der Waals surface area contributed by atoms with E-state index in [1.54, 1.807) is 0 Å². The van der Waals surface area contributed by atoms with Gasteiger partial charge in [-0.15, -0.1) is 0 Å². The molecule has 0 spiro atoms. The van der Waals surface area contributed by atoms with Crippen LogP contribution >= 0.6 is 11.8 Å². The van der Waals surface area contributed by atoms with Crippen LogP contribution in [0.1, 0.15) is 69.8 Å². The first kappa shape index (κ1) is 16.9. The van der Waals surface area contributed by atoms with E-state index >= 15 is 0 Å². The van der Waals surface area contributed by atoms with Crippen LogP contribution < -0.4 is 5.32 Å². The van der Waals surface area contributed by atoms with Crippen LogP contribution in [0, 0.1) is 6.92 Å². The highest BCUT2D eigenvalue weighted by molar-refractivity contribution is 8.13. The number of hydrogen-bond donors (Lipinski definition) is 1. The first-order chi connectivity index (χ1) is 11.3. The summed E-state index contributed by atoms with van der Waals surface area (Å²) in [4.78, 5) is 6.42. The second kappa shape index (κ2) is 8.77.